The largest absolute Gasteiger partial charge is 0.371 e. The van der Waals surface area contributed by atoms with E-state index in [1.807, 2.05) is 30.9 Å². The SMILES string of the molecule is Cc1cc(N2CCC(Cc3cnn(C)c3)C2)c2cccc(F)c2n1. The number of hydrogen-bond acceptors (Lipinski definition) is 3. The highest BCUT2D eigenvalue weighted by Crippen LogP contribution is 2.32. The Morgan fingerprint density at radius 3 is 3.00 bits per heavy atom. The lowest BCUT2D eigenvalue weighted by Gasteiger charge is -2.21. The second-order valence-electron chi connectivity index (χ2n) is 6.75. The third-order valence-electron chi connectivity index (χ3n) is 4.81. The minimum atomic E-state index is -0.247. The van der Waals surface area contributed by atoms with E-state index in [1.54, 1.807) is 6.07 Å². The monoisotopic (exact) mass is 324 g/mol. The number of fused-ring (bicyclic) bond motifs is 1. The summed E-state index contributed by atoms with van der Waals surface area (Å²) in [6.45, 7) is 3.92. The van der Waals surface area contributed by atoms with E-state index < -0.39 is 0 Å². The first-order chi connectivity index (χ1) is 11.6. The summed E-state index contributed by atoms with van der Waals surface area (Å²) in [6, 6.07) is 7.29. The third kappa shape index (κ3) is 2.75. The molecule has 0 radical (unpaired) electrons. The van der Waals surface area contributed by atoms with E-state index in [0.29, 0.717) is 11.4 Å². The van der Waals surface area contributed by atoms with Gasteiger partial charge in [0, 0.05) is 43.1 Å². The van der Waals surface area contributed by atoms with Gasteiger partial charge in [-0.2, -0.15) is 5.10 Å². The highest BCUT2D eigenvalue weighted by Gasteiger charge is 2.25. The summed E-state index contributed by atoms with van der Waals surface area (Å²) in [4.78, 5) is 6.76. The van der Waals surface area contributed by atoms with Crippen LogP contribution >= 0.6 is 0 Å². The number of para-hydroxylation sites is 1. The lowest BCUT2D eigenvalue weighted by Crippen LogP contribution is -2.21. The zero-order chi connectivity index (χ0) is 16.7. The number of hydrogen-bond donors (Lipinski definition) is 0. The van der Waals surface area contributed by atoms with Crippen molar-refractivity contribution in [3.8, 4) is 0 Å². The number of pyridine rings is 1. The molecule has 1 saturated heterocycles. The van der Waals surface area contributed by atoms with Gasteiger partial charge in [-0.25, -0.2) is 9.37 Å². The molecule has 3 heterocycles. The van der Waals surface area contributed by atoms with Gasteiger partial charge in [-0.05, 0) is 43.4 Å². The molecule has 1 aromatic carbocycles. The van der Waals surface area contributed by atoms with Crippen LogP contribution in [0.3, 0.4) is 0 Å². The molecule has 0 spiro atoms. The molecule has 2 aromatic heterocycles. The average Bonchev–Trinajstić information content (AvgIpc) is 3.17. The van der Waals surface area contributed by atoms with Gasteiger partial charge in [0.05, 0.1) is 6.20 Å². The number of aryl methyl sites for hydroxylation is 2. The summed E-state index contributed by atoms with van der Waals surface area (Å²) in [6.07, 6.45) is 6.22. The summed E-state index contributed by atoms with van der Waals surface area (Å²) in [5.41, 5.74) is 3.72. The fourth-order valence-corrected chi connectivity index (χ4v) is 3.71. The molecule has 0 amide bonds. The summed E-state index contributed by atoms with van der Waals surface area (Å²) < 4.78 is 16.0. The molecule has 1 aliphatic rings. The van der Waals surface area contributed by atoms with Crippen molar-refractivity contribution in [2.24, 2.45) is 13.0 Å². The van der Waals surface area contributed by atoms with E-state index in [9.17, 15) is 4.39 Å². The summed E-state index contributed by atoms with van der Waals surface area (Å²) in [5, 5.41) is 5.16. The number of halogens is 1. The van der Waals surface area contributed by atoms with Crippen LogP contribution in [0.25, 0.3) is 10.9 Å². The van der Waals surface area contributed by atoms with Crippen LogP contribution in [0.1, 0.15) is 17.7 Å². The minimum Gasteiger partial charge on any atom is -0.371 e. The Morgan fingerprint density at radius 2 is 2.21 bits per heavy atom. The Morgan fingerprint density at radius 1 is 1.33 bits per heavy atom. The van der Waals surface area contributed by atoms with Crippen LogP contribution < -0.4 is 4.90 Å². The summed E-state index contributed by atoms with van der Waals surface area (Å²) in [7, 11) is 1.95. The second kappa shape index (κ2) is 5.89. The predicted octanol–water partition coefficient (Wildman–Crippen LogP) is 3.48. The number of benzene rings is 1. The van der Waals surface area contributed by atoms with E-state index in [4.69, 9.17) is 0 Å². The van der Waals surface area contributed by atoms with Crippen LogP contribution in [-0.2, 0) is 13.5 Å². The lowest BCUT2D eigenvalue weighted by atomic mass is 10.0. The van der Waals surface area contributed by atoms with E-state index in [-0.39, 0.29) is 5.82 Å². The minimum absolute atomic E-state index is 0.247. The maximum atomic E-state index is 14.1. The van der Waals surface area contributed by atoms with Crippen LogP contribution in [0.2, 0.25) is 0 Å². The van der Waals surface area contributed by atoms with Crippen molar-refractivity contribution in [2.75, 3.05) is 18.0 Å². The normalized spacial score (nSPS) is 17.8. The summed E-state index contributed by atoms with van der Waals surface area (Å²) in [5.74, 6) is 0.356. The Labute approximate surface area is 140 Å². The molecular formula is C19H21FN4. The molecule has 0 bridgehead atoms. The molecule has 0 N–H and O–H groups in total. The maximum absolute atomic E-state index is 14.1. The van der Waals surface area contributed by atoms with Crippen LogP contribution in [-0.4, -0.2) is 27.9 Å². The Kier molecular flexibility index (Phi) is 3.71. The molecule has 0 aliphatic carbocycles. The van der Waals surface area contributed by atoms with Crippen molar-refractivity contribution >= 4 is 16.6 Å². The van der Waals surface area contributed by atoms with Crippen molar-refractivity contribution in [3.05, 3.63) is 53.7 Å². The molecule has 0 saturated carbocycles. The quantitative estimate of drug-likeness (QED) is 0.739. The smallest absolute Gasteiger partial charge is 0.149 e. The van der Waals surface area contributed by atoms with E-state index in [1.165, 1.54) is 11.6 Å². The first kappa shape index (κ1) is 15.1. The van der Waals surface area contributed by atoms with Gasteiger partial charge < -0.3 is 4.90 Å². The molecule has 124 valence electrons. The third-order valence-corrected chi connectivity index (χ3v) is 4.81. The standard InChI is InChI=1S/C19H21FN4/c1-13-8-18(16-4-3-5-17(20)19(16)22-13)24-7-6-14(12-24)9-15-10-21-23(2)11-15/h3-5,8,10-11,14H,6-7,9,12H2,1-2H3. The van der Waals surface area contributed by atoms with Crippen LogP contribution in [0.15, 0.2) is 36.7 Å². The number of rotatable bonds is 3. The molecule has 24 heavy (non-hydrogen) atoms. The van der Waals surface area contributed by atoms with Crippen molar-refractivity contribution in [3.63, 3.8) is 0 Å². The van der Waals surface area contributed by atoms with Gasteiger partial charge in [-0.1, -0.05) is 12.1 Å². The van der Waals surface area contributed by atoms with Gasteiger partial charge in [0.25, 0.3) is 0 Å². The molecule has 3 aromatic rings. The second-order valence-corrected chi connectivity index (χ2v) is 6.75. The van der Waals surface area contributed by atoms with Gasteiger partial charge in [-0.3, -0.25) is 4.68 Å². The van der Waals surface area contributed by atoms with E-state index in [0.717, 1.165) is 42.7 Å². The van der Waals surface area contributed by atoms with Gasteiger partial charge in [0.15, 0.2) is 0 Å². The van der Waals surface area contributed by atoms with Crippen molar-refractivity contribution in [1.29, 1.82) is 0 Å². The number of aromatic nitrogens is 3. The Balaban J connectivity index is 1.61. The van der Waals surface area contributed by atoms with Gasteiger partial charge in [0.1, 0.15) is 11.3 Å². The van der Waals surface area contributed by atoms with Gasteiger partial charge >= 0.3 is 0 Å². The van der Waals surface area contributed by atoms with Gasteiger partial charge in [-0.15, -0.1) is 0 Å². The molecule has 4 nitrogen and oxygen atoms in total. The molecule has 1 atom stereocenters. The topological polar surface area (TPSA) is 34.0 Å². The van der Waals surface area contributed by atoms with Crippen molar-refractivity contribution in [1.82, 2.24) is 14.8 Å². The molecule has 4 rings (SSSR count). The molecule has 5 heteroatoms. The maximum Gasteiger partial charge on any atom is 0.149 e. The van der Waals surface area contributed by atoms with Crippen LogP contribution in [0.5, 0.6) is 0 Å². The number of anilines is 1. The molecule has 1 aliphatic heterocycles. The fraction of sp³-hybridized carbons (Fsp3) is 0.368. The highest BCUT2D eigenvalue weighted by molar-refractivity contribution is 5.92. The van der Waals surface area contributed by atoms with Crippen molar-refractivity contribution in [2.45, 2.75) is 19.8 Å². The highest BCUT2D eigenvalue weighted by atomic mass is 19.1. The molecular weight excluding hydrogens is 303 g/mol. The first-order valence-corrected chi connectivity index (χ1v) is 8.38. The fourth-order valence-electron chi connectivity index (χ4n) is 3.71. The molecule has 1 fully saturated rings. The molecule has 1 unspecified atom stereocenters. The zero-order valence-electron chi connectivity index (χ0n) is 14.0. The summed E-state index contributed by atoms with van der Waals surface area (Å²) >= 11 is 0. The van der Waals surface area contributed by atoms with E-state index >= 15 is 0 Å². The van der Waals surface area contributed by atoms with Crippen LogP contribution in [0.4, 0.5) is 10.1 Å². The van der Waals surface area contributed by atoms with Crippen LogP contribution in [0, 0.1) is 18.7 Å². The zero-order valence-corrected chi connectivity index (χ0v) is 14.0. The number of nitrogens with zero attached hydrogens (tertiary/aromatic N) is 4. The Bertz CT molecular complexity index is 886. The van der Waals surface area contributed by atoms with E-state index in [2.05, 4.69) is 27.2 Å². The first-order valence-electron chi connectivity index (χ1n) is 8.38. The lowest BCUT2D eigenvalue weighted by molar-refractivity contribution is 0.586. The predicted molar refractivity (Wildman–Crippen MR) is 93.7 cm³/mol. The average molecular weight is 324 g/mol. The van der Waals surface area contributed by atoms with Crippen molar-refractivity contribution < 1.29 is 4.39 Å². The Hall–Kier alpha value is -2.43. The van der Waals surface area contributed by atoms with Gasteiger partial charge in [0.2, 0.25) is 0 Å².